The molecule has 0 saturated carbocycles. The molecule has 110 valence electrons. The zero-order chi connectivity index (χ0) is 14.9. The van der Waals surface area contributed by atoms with Crippen LogP contribution >= 0.6 is 0 Å². The summed E-state index contributed by atoms with van der Waals surface area (Å²) in [6.45, 7) is 8.62. The number of hydrogen-bond donors (Lipinski definition) is 3. The molecule has 3 heteroatoms. The minimum Gasteiger partial charge on any atom is -0.380 e. The van der Waals surface area contributed by atoms with E-state index >= 15 is 0 Å². The highest BCUT2D eigenvalue weighted by molar-refractivity contribution is 5.63. The minimum atomic E-state index is 0.194. The molecule has 3 rings (SSSR count). The summed E-state index contributed by atoms with van der Waals surface area (Å²) in [6, 6.07) is 8.60. The van der Waals surface area contributed by atoms with Gasteiger partial charge in [0.2, 0.25) is 0 Å². The first-order chi connectivity index (χ1) is 10.0. The summed E-state index contributed by atoms with van der Waals surface area (Å²) in [5.41, 5.74) is 6.21. The van der Waals surface area contributed by atoms with E-state index in [1.807, 2.05) is 12.4 Å². The van der Waals surface area contributed by atoms with Crippen molar-refractivity contribution in [1.82, 2.24) is 4.98 Å². The molecule has 2 heterocycles. The van der Waals surface area contributed by atoms with Crippen molar-refractivity contribution in [1.29, 1.82) is 0 Å². The van der Waals surface area contributed by atoms with E-state index < -0.39 is 0 Å². The van der Waals surface area contributed by atoms with E-state index in [-0.39, 0.29) is 5.54 Å². The Hall–Kier alpha value is -2.16. The van der Waals surface area contributed by atoms with Crippen molar-refractivity contribution in [3.05, 3.63) is 60.1 Å². The lowest BCUT2D eigenvalue weighted by atomic mass is 9.89. The first-order valence-corrected chi connectivity index (χ1v) is 7.49. The molecule has 0 spiro atoms. The molecule has 3 N–H and O–H groups in total. The number of aromatic nitrogens is 1. The van der Waals surface area contributed by atoms with E-state index in [2.05, 4.69) is 60.3 Å². The summed E-state index contributed by atoms with van der Waals surface area (Å²) in [7, 11) is 0. The fraction of sp³-hybridized carbons (Fsp3) is 0.333. The third-order valence-electron chi connectivity index (χ3n) is 4.00. The predicted octanol–water partition coefficient (Wildman–Crippen LogP) is 4.32. The number of aromatic amines is 1. The van der Waals surface area contributed by atoms with Gasteiger partial charge < -0.3 is 15.6 Å². The lowest BCUT2D eigenvalue weighted by molar-refractivity contribution is 0.502. The van der Waals surface area contributed by atoms with E-state index in [0.29, 0.717) is 0 Å². The topological polar surface area (TPSA) is 39.9 Å². The second kappa shape index (κ2) is 5.32. The molecule has 0 radical (unpaired) electrons. The smallest absolute Gasteiger partial charge is 0.0386 e. The Kier molecular flexibility index (Phi) is 3.50. The van der Waals surface area contributed by atoms with Gasteiger partial charge in [-0.15, -0.1) is 0 Å². The van der Waals surface area contributed by atoms with Crippen molar-refractivity contribution in [2.45, 2.75) is 38.6 Å². The van der Waals surface area contributed by atoms with Crippen molar-refractivity contribution >= 4 is 11.4 Å². The number of fused-ring (bicyclic) bond motifs is 1. The quantitative estimate of drug-likeness (QED) is 0.781. The Bertz CT molecular complexity index is 638. The minimum absolute atomic E-state index is 0.194. The van der Waals surface area contributed by atoms with Crippen molar-refractivity contribution < 1.29 is 0 Å². The summed E-state index contributed by atoms with van der Waals surface area (Å²) >= 11 is 0. The van der Waals surface area contributed by atoms with E-state index in [0.717, 1.165) is 30.6 Å². The van der Waals surface area contributed by atoms with Crippen LogP contribution in [-0.4, -0.2) is 10.5 Å². The van der Waals surface area contributed by atoms with Gasteiger partial charge in [0.15, 0.2) is 0 Å². The molecule has 0 saturated heterocycles. The molecule has 0 unspecified atom stereocenters. The van der Waals surface area contributed by atoms with Crippen LogP contribution in [0.2, 0.25) is 0 Å². The van der Waals surface area contributed by atoms with Gasteiger partial charge in [-0.1, -0.05) is 6.58 Å². The van der Waals surface area contributed by atoms with E-state index in [4.69, 9.17) is 0 Å². The first-order valence-electron chi connectivity index (χ1n) is 7.49. The molecular weight excluding hydrogens is 258 g/mol. The van der Waals surface area contributed by atoms with Crippen LogP contribution in [0.3, 0.4) is 0 Å². The van der Waals surface area contributed by atoms with Crippen molar-refractivity contribution in [3.63, 3.8) is 0 Å². The number of anilines is 2. The Morgan fingerprint density at radius 1 is 1.33 bits per heavy atom. The summed E-state index contributed by atoms with van der Waals surface area (Å²) in [6.07, 6.45) is 7.06. The average Bonchev–Trinajstić information content (AvgIpc) is 2.91. The zero-order valence-electron chi connectivity index (χ0n) is 12.8. The highest BCUT2D eigenvalue weighted by Gasteiger charge is 2.23. The maximum atomic E-state index is 4.12. The molecule has 0 atom stereocenters. The molecule has 2 aromatic rings. The predicted molar refractivity (Wildman–Crippen MR) is 89.7 cm³/mol. The van der Waals surface area contributed by atoms with Crippen molar-refractivity contribution in [3.8, 4) is 0 Å². The van der Waals surface area contributed by atoms with Gasteiger partial charge in [0.05, 0.1) is 0 Å². The van der Waals surface area contributed by atoms with Gasteiger partial charge in [0.1, 0.15) is 0 Å². The Morgan fingerprint density at radius 3 is 2.95 bits per heavy atom. The molecule has 0 bridgehead atoms. The third-order valence-corrected chi connectivity index (χ3v) is 4.00. The lowest BCUT2D eigenvalue weighted by Gasteiger charge is -2.34. The monoisotopic (exact) mass is 281 g/mol. The molecule has 21 heavy (non-hydrogen) atoms. The second-order valence-electron chi connectivity index (χ2n) is 6.51. The van der Waals surface area contributed by atoms with Crippen LogP contribution in [0, 0.1) is 0 Å². The zero-order valence-corrected chi connectivity index (χ0v) is 12.8. The maximum absolute atomic E-state index is 4.12. The van der Waals surface area contributed by atoms with Gasteiger partial charge >= 0.3 is 0 Å². The van der Waals surface area contributed by atoms with Gasteiger partial charge in [-0.2, -0.15) is 0 Å². The van der Waals surface area contributed by atoms with Gasteiger partial charge in [0.25, 0.3) is 0 Å². The van der Waals surface area contributed by atoms with Crippen LogP contribution in [0.5, 0.6) is 0 Å². The first kappa shape index (κ1) is 13.8. The van der Waals surface area contributed by atoms with Gasteiger partial charge in [0, 0.05) is 41.4 Å². The average molecular weight is 281 g/mol. The molecule has 0 fully saturated rings. The van der Waals surface area contributed by atoms with Crippen LogP contribution in [0.4, 0.5) is 11.4 Å². The van der Waals surface area contributed by atoms with Crippen molar-refractivity contribution in [2.24, 2.45) is 0 Å². The van der Waals surface area contributed by atoms with E-state index in [1.165, 1.54) is 16.8 Å². The van der Waals surface area contributed by atoms with E-state index in [1.54, 1.807) is 0 Å². The Balaban J connectivity index is 1.68. The third kappa shape index (κ3) is 3.30. The van der Waals surface area contributed by atoms with Gasteiger partial charge in [-0.3, -0.25) is 0 Å². The molecule has 3 nitrogen and oxygen atoms in total. The number of benzene rings is 1. The molecule has 0 aliphatic carbocycles. The standard InChI is InChI=1S/C18H23N3/c1-13(10-14-7-9-19-12-14)20-16-4-5-17-15(11-16)6-8-18(2,3)21-17/h4-5,7,9,11-12,19-21H,1,6,8,10H2,2-3H3. The van der Waals surface area contributed by atoms with Crippen LogP contribution in [0.1, 0.15) is 31.4 Å². The fourth-order valence-corrected chi connectivity index (χ4v) is 2.84. The van der Waals surface area contributed by atoms with Crippen molar-refractivity contribution in [2.75, 3.05) is 10.6 Å². The number of aryl methyl sites for hydroxylation is 1. The Labute approximate surface area is 126 Å². The molecule has 0 amide bonds. The highest BCUT2D eigenvalue weighted by Crippen LogP contribution is 2.32. The maximum Gasteiger partial charge on any atom is 0.0386 e. The normalized spacial score (nSPS) is 15.9. The van der Waals surface area contributed by atoms with Crippen LogP contribution in [0.25, 0.3) is 0 Å². The number of H-pyrrole nitrogens is 1. The summed E-state index contributed by atoms with van der Waals surface area (Å²) in [5.74, 6) is 0. The number of nitrogens with one attached hydrogen (secondary N) is 3. The summed E-state index contributed by atoms with van der Waals surface area (Å²) in [5, 5.41) is 7.01. The molecule has 1 aromatic carbocycles. The molecular formula is C18H23N3. The number of rotatable bonds is 4. The fourth-order valence-electron chi connectivity index (χ4n) is 2.84. The molecule has 1 aliphatic heterocycles. The van der Waals surface area contributed by atoms with E-state index in [9.17, 15) is 0 Å². The number of allylic oxidation sites excluding steroid dienone is 1. The van der Waals surface area contributed by atoms with Gasteiger partial charge in [-0.05, 0) is 62.1 Å². The Morgan fingerprint density at radius 2 is 2.19 bits per heavy atom. The second-order valence-corrected chi connectivity index (χ2v) is 6.51. The lowest BCUT2D eigenvalue weighted by Crippen LogP contribution is -2.35. The van der Waals surface area contributed by atoms with Crippen LogP contribution in [0.15, 0.2) is 48.9 Å². The van der Waals surface area contributed by atoms with Gasteiger partial charge in [-0.25, -0.2) is 0 Å². The van der Waals surface area contributed by atoms with Crippen LogP contribution in [-0.2, 0) is 12.8 Å². The largest absolute Gasteiger partial charge is 0.380 e. The molecule has 1 aliphatic rings. The molecule has 1 aromatic heterocycles. The highest BCUT2D eigenvalue weighted by atomic mass is 15.0. The summed E-state index contributed by atoms with van der Waals surface area (Å²) in [4.78, 5) is 3.07. The van der Waals surface area contributed by atoms with Crippen LogP contribution < -0.4 is 10.6 Å². The SMILES string of the molecule is C=C(Cc1cc[nH]c1)Nc1ccc2c(c1)CCC(C)(C)N2. The summed E-state index contributed by atoms with van der Waals surface area (Å²) < 4.78 is 0. The number of hydrogen-bond acceptors (Lipinski definition) is 2.